The third-order valence-corrected chi connectivity index (χ3v) is 2.91. The number of aryl methyl sites for hydroxylation is 1. The van der Waals surface area contributed by atoms with Gasteiger partial charge in [-0.3, -0.25) is 4.79 Å². The number of halogens is 1. The zero-order chi connectivity index (χ0) is 11.5. The fraction of sp³-hybridized carbons (Fsp3) is 0.273. The van der Waals surface area contributed by atoms with Gasteiger partial charge in [0.25, 0.3) is 0 Å². The molecule has 0 spiro atoms. The van der Waals surface area contributed by atoms with Crippen molar-refractivity contribution in [3.63, 3.8) is 0 Å². The molecule has 0 unspecified atom stereocenters. The van der Waals surface area contributed by atoms with Crippen LogP contribution in [0.2, 0.25) is 0 Å². The molecule has 0 saturated carbocycles. The predicted molar refractivity (Wildman–Crippen MR) is 62.0 cm³/mol. The molecular formula is C11H10BrNO3. The number of esters is 1. The highest BCUT2D eigenvalue weighted by Crippen LogP contribution is 2.24. The first-order chi connectivity index (χ1) is 7.70. The lowest BCUT2D eigenvalue weighted by atomic mass is 10.1. The zero-order valence-electron chi connectivity index (χ0n) is 8.70. The van der Waals surface area contributed by atoms with E-state index in [4.69, 9.17) is 4.52 Å². The first-order valence-corrected chi connectivity index (χ1v) is 5.60. The second-order valence-corrected chi connectivity index (χ2v) is 4.13. The van der Waals surface area contributed by atoms with Gasteiger partial charge in [-0.1, -0.05) is 11.2 Å². The van der Waals surface area contributed by atoms with Crippen molar-refractivity contribution in [1.82, 2.24) is 5.16 Å². The van der Waals surface area contributed by atoms with E-state index >= 15 is 0 Å². The Morgan fingerprint density at radius 1 is 1.56 bits per heavy atom. The Balaban J connectivity index is 2.19. The summed E-state index contributed by atoms with van der Waals surface area (Å²) >= 11 is 3.30. The van der Waals surface area contributed by atoms with Gasteiger partial charge >= 0.3 is 5.97 Å². The van der Waals surface area contributed by atoms with Gasteiger partial charge in [-0.2, -0.15) is 0 Å². The van der Waals surface area contributed by atoms with Gasteiger partial charge < -0.3 is 9.26 Å². The van der Waals surface area contributed by atoms with E-state index in [1.165, 1.54) is 7.11 Å². The SMILES string of the molecule is COC(=O)CCc1ccc2onc(Br)c2c1. The molecule has 1 aromatic carbocycles. The van der Waals surface area contributed by atoms with Crippen molar-refractivity contribution in [2.24, 2.45) is 0 Å². The van der Waals surface area contributed by atoms with Gasteiger partial charge in [0.05, 0.1) is 12.5 Å². The standard InChI is InChI=1S/C11H10BrNO3/c1-15-10(14)5-3-7-2-4-9-8(6-7)11(12)13-16-9/h2,4,6H,3,5H2,1H3. The minimum Gasteiger partial charge on any atom is -0.469 e. The van der Waals surface area contributed by atoms with Crippen molar-refractivity contribution in [1.29, 1.82) is 0 Å². The average Bonchev–Trinajstić information content (AvgIpc) is 2.68. The molecule has 84 valence electrons. The minimum absolute atomic E-state index is 0.204. The van der Waals surface area contributed by atoms with Gasteiger partial charge in [0.2, 0.25) is 0 Å². The number of methoxy groups -OCH3 is 1. The van der Waals surface area contributed by atoms with Gasteiger partial charge in [0, 0.05) is 6.42 Å². The number of fused-ring (bicyclic) bond motifs is 1. The quantitative estimate of drug-likeness (QED) is 0.813. The summed E-state index contributed by atoms with van der Waals surface area (Å²) in [6, 6.07) is 5.72. The van der Waals surface area contributed by atoms with Crippen molar-refractivity contribution in [3.05, 3.63) is 28.4 Å². The van der Waals surface area contributed by atoms with Crippen molar-refractivity contribution >= 4 is 32.9 Å². The van der Waals surface area contributed by atoms with Crippen LogP contribution in [0.25, 0.3) is 11.0 Å². The molecule has 0 aliphatic rings. The number of aromatic nitrogens is 1. The molecule has 0 N–H and O–H groups in total. The second-order valence-electron chi connectivity index (χ2n) is 3.38. The summed E-state index contributed by atoms with van der Waals surface area (Å²) in [6.45, 7) is 0. The number of carbonyl (C=O) groups excluding carboxylic acids is 1. The molecule has 5 heteroatoms. The maximum Gasteiger partial charge on any atom is 0.305 e. The Morgan fingerprint density at radius 3 is 3.12 bits per heavy atom. The van der Waals surface area contributed by atoms with Crippen LogP contribution in [0, 0.1) is 0 Å². The lowest BCUT2D eigenvalue weighted by Gasteiger charge is -2.00. The maximum absolute atomic E-state index is 11.0. The monoisotopic (exact) mass is 283 g/mol. The topological polar surface area (TPSA) is 52.3 Å². The Bertz CT molecular complexity index is 521. The third-order valence-electron chi connectivity index (χ3n) is 2.34. The number of hydrogen-bond donors (Lipinski definition) is 0. The van der Waals surface area contributed by atoms with Crippen LogP contribution in [0.15, 0.2) is 27.3 Å². The average molecular weight is 284 g/mol. The highest BCUT2D eigenvalue weighted by molar-refractivity contribution is 9.10. The summed E-state index contributed by atoms with van der Waals surface area (Å²) in [7, 11) is 1.39. The van der Waals surface area contributed by atoms with E-state index in [1.807, 2.05) is 18.2 Å². The molecule has 2 rings (SSSR count). The lowest BCUT2D eigenvalue weighted by molar-refractivity contribution is -0.140. The van der Waals surface area contributed by atoms with Crippen LogP contribution in [0.4, 0.5) is 0 Å². The summed E-state index contributed by atoms with van der Waals surface area (Å²) in [6.07, 6.45) is 1.03. The van der Waals surface area contributed by atoms with E-state index in [0.29, 0.717) is 17.4 Å². The molecular weight excluding hydrogens is 274 g/mol. The normalized spacial score (nSPS) is 10.6. The van der Waals surface area contributed by atoms with Crippen LogP contribution in [0.1, 0.15) is 12.0 Å². The number of nitrogens with zero attached hydrogens (tertiary/aromatic N) is 1. The summed E-state index contributed by atoms with van der Waals surface area (Å²) in [5, 5.41) is 4.72. The third kappa shape index (κ3) is 2.24. The van der Waals surface area contributed by atoms with E-state index in [1.54, 1.807) is 0 Å². The van der Waals surface area contributed by atoms with Crippen molar-refractivity contribution in [2.75, 3.05) is 7.11 Å². The Hall–Kier alpha value is -1.36. The van der Waals surface area contributed by atoms with Crippen molar-refractivity contribution in [3.8, 4) is 0 Å². The maximum atomic E-state index is 11.0. The molecule has 1 heterocycles. The van der Waals surface area contributed by atoms with Crippen LogP contribution in [0.3, 0.4) is 0 Å². The Labute approximate surface area is 101 Å². The van der Waals surface area contributed by atoms with Crippen LogP contribution in [-0.2, 0) is 16.0 Å². The fourth-order valence-corrected chi connectivity index (χ4v) is 1.84. The van der Waals surface area contributed by atoms with Gasteiger partial charge in [-0.05, 0) is 40.0 Å². The van der Waals surface area contributed by atoms with Crippen LogP contribution in [0.5, 0.6) is 0 Å². The Morgan fingerprint density at radius 2 is 2.38 bits per heavy atom. The van der Waals surface area contributed by atoms with Crippen LogP contribution < -0.4 is 0 Å². The molecule has 0 aliphatic heterocycles. The largest absolute Gasteiger partial charge is 0.469 e. The minimum atomic E-state index is -0.204. The molecule has 0 amide bonds. The van der Waals surface area contributed by atoms with E-state index in [0.717, 1.165) is 16.5 Å². The number of hydrogen-bond acceptors (Lipinski definition) is 4. The molecule has 0 atom stereocenters. The highest BCUT2D eigenvalue weighted by Gasteiger charge is 2.07. The molecule has 0 aliphatic carbocycles. The van der Waals surface area contributed by atoms with Gasteiger partial charge in [-0.25, -0.2) is 0 Å². The van der Waals surface area contributed by atoms with Crippen LogP contribution >= 0.6 is 15.9 Å². The summed E-state index contributed by atoms with van der Waals surface area (Å²) in [5.74, 6) is -0.204. The molecule has 1 aromatic heterocycles. The second kappa shape index (κ2) is 4.65. The van der Waals surface area contributed by atoms with E-state index in [2.05, 4.69) is 25.8 Å². The highest BCUT2D eigenvalue weighted by atomic mass is 79.9. The summed E-state index contributed by atoms with van der Waals surface area (Å²) < 4.78 is 10.3. The molecule has 2 aromatic rings. The van der Waals surface area contributed by atoms with Crippen LogP contribution in [-0.4, -0.2) is 18.2 Å². The molecule has 0 saturated heterocycles. The number of carbonyl (C=O) groups is 1. The molecule has 0 radical (unpaired) electrons. The molecule has 16 heavy (non-hydrogen) atoms. The first-order valence-electron chi connectivity index (χ1n) is 4.81. The van der Waals surface area contributed by atoms with Gasteiger partial charge in [0.15, 0.2) is 10.2 Å². The number of rotatable bonds is 3. The van der Waals surface area contributed by atoms with E-state index in [9.17, 15) is 4.79 Å². The summed E-state index contributed by atoms with van der Waals surface area (Å²) in [4.78, 5) is 11.0. The molecule has 0 bridgehead atoms. The molecule has 4 nitrogen and oxygen atoms in total. The zero-order valence-corrected chi connectivity index (χ0v) is 10.3. The van der Waals surface area contributed by atoms with Gasteiger partial charge in [-0.15, -0.1) is 0 Å². The van der Waals surface area contributed by atoms with Gasteiger partial charge in [0.1, 0.15) is 0 Å². The summed E-state index contributed by atoms with van der Waals surface area (Å²) in [5.41, 5.74) is 1.79. The van der Waals surface area contributed by atoms with E-state index in [-0.39, 0.29) is 5.97 Å². The Kier molecular flexibility index (Phi) is 3.24. The first kappa shape index (κ1) is 11.1. The predicted octanol–water partition coefficient (Wildman–Crippen LogP) is 2.70. The number of ether oxygens (including phenoxy) is 1. The smallest absolute Gasteiger partial charge is 0.305 e. The van der Waals surface area contributed by atoms with Crippen molar-refractivity contribution in [2.45, 2.75) is 12.8 Å². The molecule has 0 fully saturated rings. The number of benzene rings is 1. The fourth-order valence-electron chi connectivity index (χ4n) is 1.46. The van der Waals surface area contributed by atoms with E-state index < -0.39 is 0 Å². The lowest BCUT2D eigenvalue weighted by Crippen LogP contribution is -2.01. The van der Waals surface area contributed by atoms with Crippen molar-refractivity contribution < 1.29 is 14.1 Å².